The zero-order valence-electron chi connectivity index (χ0n) is 9.06. The van der Waals surface area contributed by atoms with E-state index in [2.05, 4.69) is 15.9 Å². The monoisotopic (exact) mass is 288 g/mol. The van der Waals surface area contributed by atoms with E-state index >= 15 is 0 Å². The molecule has 0 heterocycles. The quantitative estimate of drug-likeness (QED) is 0.515. The van der Waals surface area contributed by atoms with Crippen molar-refractivity contribution in [2.45, 2.75) is 42.8 Å². The van der Waals surface area contributed by atoms with Gasteiger partial charge < -0.3 is 0 Å². The van der Waals surface area contributed by atoms with Gasteiger partial charge in [-0.3, -0.25) is 0 Å². The van der Waals surface area contributed by atoms with Gasteiger partial charge in [0.05, 0.1) is 0 Å². The molecule has 0 nitrogen and oxygen atoms in total. The van der Waals surface area contributed by atoms with Crippen LogP contribution in [0.25, 0.3) is 0 Å². The zero-order chi connectivity index (χ0) is 11.5. The SMILES string of the molecule is Fc1ccc(C2CCCCCC2Br)cc1F. The average molecular weight is 289 g/mol. The molecule has 0 amide bonds. The van der Waals surface area contributed by atoms with Gasteiger partial charge in [0.25, 0.3) is 0 Å². The third-order valence-corrected chi connectivity index (χ3v) is 4.40. The van der Waals surface area contributed by atoms with Gasteiger partial charge in [0.15, 0.2) is 11.6 Å². The van der Waals surface area contributed by atoms with Crippen LogP contribution in [0.4, 0.5) is 8.78 Å². The van der Waals surface area contributed by atoms with Crippen LogP contribution >= 0.6 is 15.9 Å². The van der Waals surface area contributed by atoms with Crippen molar-refractivity contribution >= 4 is 15.9 Å². The number of hydrogen-bond donors (Lipinski definition) is 0. The van der Waals surface area contributed by atoms with Gasteiger partial charge in [-0.05, 0) is 36.5 Å². The number of rotatable bonds is 1. The largest absolute Gasteiger partial charge is 0.204 e. The van der Waals surface area contributed by atoms with Gasteiger partial charge in [-0.1, -0.05) is 41.3 Å². The third-order valence-electron chi connectivity index (χ3n) is 3.30. The maximum atomic E-state index is 13.2. The van der Waals surface area contributed by atoms with E-state index in [4.69, 9.17) is 0 Å². The lowest BCUT2D eigenvalue weighted by molar-refractivity contribution is 0.503. The van der Waals surface area contributed by atoms with Crippen molar-refractivity contribution < 1.29 is 8.78 Å². The van der Waals surface area contributed by atoms with Crippen LogP contribution in [0.15, 0.2) is 18.2 Å². The summed E-state index contributed by atoms with van der Waals surface area (Å²) in [4.78, 5) is 0.389. The van der Waals surface area contributed by atoms with Crippen LogP contribution in [-0.4, -0.2) is 4.83 Å². The van der Waals surface area contributed by atoms with Crippen molar-refractivity contribution in [1.82, 2.24) is 0 Å². The summed E-state index contributed by atoms with van der Waals surface area (Å²) < 4.78 is 26.0. The highest BCUT2D eigenvalue weighted by Gasteiger charge is 2.23. The minimum absolute atomic E-state index is 0.317. The van der Waals surface area contributed by atoms with E-state index in [1.165, 1.54) is 31.4 Å². The Morgan fingerprint density at radius 2 is 1.75 bits per heavy atom. The first-order valence-electron chi connectivity index (χ1n) is 5.77. The first kappa shape index (κ1) is 12.0. The molecule has 0 N–H and O–H groups in total. The Morgan fingerprint density at radius 3 is 2.50 bits per heavy atom. The molecule has 0 saturated heterocycles. The molecule has 0 radical (unpaired) electrons. The van der Waals surface area contributed by atoms with Gasteiger partial charge in [-0.2, -0.15) is 0 Å². The molecule has 3 heteroatoms. The molecule has 0 aromatic heterocycles. The van der Waals surface area contributed by atoms with Crippen LogP contribution in [0.5, 0.6) is 0 Å². The summed E-state index contributed by atoms with van der Waals surface area (Å²) in [7, 11) is 0. The Kier molecular flexibility index (Phi) is 3.95. The van der Waals surface area contributed by atoms with E-state index in [0.717, 1.165) is 18.4 Å². The van der Waals surface area contributed by atoms with Gasteiger partial charge in [0.2, 0.25) is 0 Å². The normalized spacial score (nSPS) is 26.4. The standard InChI is InChI=1S/C13H15BrF2/c14-11-5-3-1-2-4-10(11)9-6-7-12(15)13(16)8-9/h6-8,10-11H,1-5H2. The van der Waals surface area contributed by atoms with Crippen LogP contribution in [0.1, 0.15) is 43.6 Å². The molecule has 88 valence electrons. The molecule has 1 saturated carbocycles. The number of halogens is 3. The highest BCUT2D eigenvalue weighted by Crippen LogP contribution is 2.36. The first-order valence-corrected chi connectivity index (χ1v) is 6.69. The molecule has 16 heavy (non-hydrogen) atoms. The van der Waals surface area contributed by atoms with Crippen LogP contribution in [0.2, 0.25) is 0 Å². The van der Waals surface area contributed by atoms with Crippen molar-refractivity contribution in [3.05, 3.63) is 35.4 Å². The van der Waals surface area contributed by atoms with E-state index in [1.54, 1.807) is 6.07 Å². The molecule has 1 aliphatic rings. The Balaban J connectivity index is 2.23. The first-order chi connectivity index (χ1) is 7.68. The molecule has 1 aromatic carbocycles. The fourth-order valence-electron chi connectivity index (χ4n) is 2.38. The zero-order valence-corrected chi connectivity index (χ0v) is 10.6. The van der Waals surface area contributed by atoms with Crippen molar-refractivity contribution in [2.24, 2.45) is 0 Å². The summed E-state index contributed by atoms with van der Waals surface area (Å²) in [6, 6.07) is 4.29. The number of hydrogen-bond acceptors (Lipinski definition) is 0. The van der Waals surface area contributed by atoms with Gasteiger partial charge in [-0.15, -0.1) is 0 Å². The maximum Gasteiger partial charge on any atom is 0.159 e. The Labute approximate surface area is 103 Å². The summed E-state index contributed by atoms with van der Waals surface area (Å²) in [5.74, 6) is -1.18. The minimum Gasteiger partial charge on any atom is -0.204 e. The predicted octanol–water partition coefficient (Wildman–Crippen LogP) is 4.78. The molecule has 1 aliphatic carbocycles. The van der Waals surface area contributed by atoms with E-state index in [0.29, 0.717) is 10.7 Å². The predicted molar refractivity (Wildman–Crippen MR) is 64.9 cm³/mol. The van der Waals surface area contributed by atoms with Gasteiger partial charge in [0, 0.05) is 4.83 Å². The van der Waals surface area contributed by atoms with Gasteiger partial charge >= 0.3 is 0 Å². The number of benzene rings is 1. The average Bonchev–Trinajstić information content (AvgIpc) is 2.47. The lowest BCUT2D eigenvalue weighted by atomic mass is 9.91. The number of alkyl halides is 1. The fourth-order valence-corrected chi connectivity index (χ4v) is 3.27. The smallest absolute Gasteiger partial charge is 0.159 e. The molecule has 1 fully saturated rings. The summed E-state index contributed by atoms with van der Waals surface area (Å²) in [5.41, 5.74) is 0.919. The van der Waals surface area contributed by atoms with Crippen LogP contribution in [0.3, 0.4) is 0 Å². The van der Waals surface area contributed by atoms with Crippen LogP contribution in [0, 0.1) is 11.6 Å². The summed E-state index contributed by atoms with van der Waals surface area (Å²) in [5, 5.41) is 0. The molecule has 0 spiro atoms. The van der Waals surface area contributed by atoms with Gasteiger partial charge in [0.1, 0.15) is 0 Å². The molecule has 2 atom stereocenters. The Morgan fingerprint density at radius 1 is 1.00 bits per heavy atom. The summed E-state index contributed by atoms with van der Waals surface area (Å²) in [6.07, 6.45) is 5.80. The second-order valence-electron chi connectivity index (χ2n) is 4.43. The van der Waals surface area contributed by atoms with E-state index < -0.39 is 11.6 Å². The molecule has 1 aromatic rings. The Hall–Kier alpha value is -0.440. The summed E-state index contributed by atoms with van der Waals surface area (Å²) >= 11 is 3.67. The fraction of sp³-hybridized carbons (Fsp3) is 0.538. The maximum absolute atomic E-state index is 13.2. The minimum atomic E-state index is -0.761. The summed E-state index contributed by atoms with van der Waals surface area (Å²) in [6.45, 7) is 0. The second kappa shape index (κ2) is 5.26. The van der Waals surface area contributed by atoms with E-state index in [9.17, 15) is 8.78 Å². The van der Waals surface area contributed by atoms with Crippen molar-refractivity contribution in [2.75, 3.05) is 0 Å². The van der Waals surface area contributed by atoms with Crippen LogP contribution < -0.4 is 0 Å². The van der Waals surface area contributed by atoms with E-state index in [1.807, 2.05) is 0 Å². The lowest BCUT2D eigenvalue weighted by Crippen LogP contribution is -2.11. The lowest BCUT2D eigenvalue weighted by Gasteiger charge is -2.20. The molecular weight excluding hydrogens is 274 g/mol. The second-order valence-corrected chi connectivity index (χ2v) is 5.61. The van der Waals surface area contributed by atoms with Crippen LogP contribution in [-0.2, 0) is 0 Å². The van der Waals surface area contributed by atoms with Crippen molar-refractivity contribution in [3.8, 4) is 0 Å². The molecule has 2 unspecified atom stereocenters. The van der Waals surface area contributed by atoms with Crippen molar-refractivity contribution in [3.63, 3.8) is 0 Å². The highest BCUT2D eigenvalue weighted by atomic mass is 79.9. The molecule has 0 bridgehead atoms. The van der Waals surface area contributed by atoms with E-state index in [-0.39, 0.29) is 0 Å². The molecule has 2 rings (SSSR count). The molecular formula is C13H15BrF2. The Bertz CT molecular complexity index is 365. The topological polar surface area (TPSA) is 0 Å². The third kappa shape index (κ3) is 2.62. The van der Waals surface area contributed by atoms with Gasteiger partial charge in [-0.25, -0.2) is 8.78 Å². The van der Waals surface area contributed by atoms with Crippen molar-refractivity contribution in [1.29, 1.82) is 0 Å². The molecule has 0 aliphatic heterocycles. The highest BCUT2D eigenvalue weighted by molar-refractivity contribution is 9.09.